The second-order valence-corrected chi connectivity index (χ2v) is 5.95. The van der Waals surface area contributed by atoms with Crippen molar-refractivity contribution >= 4 is 23.2 Å². The summed E-state index contributed by atoms with van der Waals surface area (Å²) in [6.45, 7) is 1.64. The summed E-state index contributed by atoms with van der Waals surface area (Å²) in [6.07, 6.45) is 3.64. The van der Waals surface area contributed by atoms with E-state index in [0.29, 0.717) is 27.6 Å². The van der Waals surface area contributed by atoms with E-state index in [-0.39, 0.29) is 19.4 Å². The highest BCUT2D eigenvalue weighted by Gasteiger charge is 2.11. The van der Waals surface area contributed by atoms with Crippen LogP contribution < -0.4 is 11.2 Å². The third-order valence-corrected chi connectivity index (χ3v) is 3.90. The second kappa shape index (κ2) is 6.94. The van der Waals surface area contributed by atoms with Gasteiger partial charge in [-0.05, 0) is 25.5 Å². The normalized spacial score (nSPS) is 11.0. The van der Waals surface area contributed by atoms with Crippen molar-refractivity contribution in [2.45, 2.75) is 26.4 Å². The number of carbonyl (C=O) groups excluding carboxylic acids is 1. The number of imidazole rings is 1. The van der Waals surface area contributed by atoms with Crippen molar-refractivity contribution in [1.82, 2.24) is 19.4 Å². The molecule has 3 rings (SSSR count). The number of nitrogens with zero attached hydrogens (tertiary/aromatic N) is 2. The van der Waals surface area contributed by atoms with Crippen LogP contribution in [0.4, 0.5) is 0 Å². The molecule has 3 aromatic rings. The highest BCUT2D eigenvalue weighted by Crippen LogP contribution is 2.12. The summed E-state index contributed by atoms with van der Waals surface area (Å²) in [4.78, 5) is 43.7. The van der Waals surface area contributed by atoms with Gasteiger partial charge < -0.3 is 14.1 Å². The minimum Gasteiger partial charge on any atom is -0.459 e. The Hall–Kier alpha value is -2.87. The lowest BCUT2D eigenvalue weighted by molar-refractivity contribution is -0.145. The number of fused-ring (bicyclic) bond motifs is 1. The maximum Gasteiger partial charge on any atom is 0.325 e. The average molecular weight is 363 g/mol. The fourth-order valence-corrected chi connectivity index (χ4v) is 2.64. The number of aromatic nitrogens is 4. The zero-order valence-electron chi connectivity index (χ0n) is 13.3. The molecular formula is C16H15ClN4O4. The van der Waals surface area contributed by atoms with Gasteiger partial charge in [0.25, 0.3) is 5.56 Å². The minimum atomic E-state index is -0.569. The molecular weight excluding hydrogens is 348 g/mol. The summed E-state index contributed by atoms with van der Waals surface area (Å²) < 4.78 is 6.93. The molecule has 0 bridgehead atoms. The van der Waals surface area contributed by atoms with Crippen molar-refractivity contribution in [3.8, 4) is 0 Å². The van der Waals surface area contributed by atoms with E-state index in [1.165, 1.54) is 0 Å². The van der Waals surface area contributed by atoms with Crippen LogP contribution in [0.5, 0.6) is 0 Å². The maximum atomic E-state index is 11.9. The molecule has 0 atom stereocenters. The molecule has 0 saturated heterocycles. The first-order valence-electron chi connectivity index (χ1n) is 7.53. The summed E-state index contributed by atoms with van der Waals surface area (Å²) in [5.41, 5.74) is 1.03. The lowest BCUT2D eigenvalue weighted by Crippen LogP contribution is -2.27. The number of H-pyrrole nitrogens is 2. The number of rotatable bonds is 5. The van der Waals surface area contributed by atoms with Crippen molar-refractivity contribution < 1.29 is 9.53 Å². The molecule has 9 heteroatoms. The SMILES string of the molecule is Cc1[nH]c(=O)[nH]c(=O)c1CCC(=O)OCc1cn2cc(Cl)ccc2n1. The van der Waals surface area contributed by atoms with Gasteiger partial charge in [-0.3, -0.25) is 14.6 Å². The van der Waals surface area contributed by atoms with Gasteiger partial charge in [0.05, 0.1) is 10.7 Å². The molecule has 0 fully saturated rings. The molecule has 0 amide bonds. The number of carbonyl (C=O) groups is 1. The number of pyridine rings is 1. The van der Waals surface area contributed by atoms with E-state index in [4.69, 9.17) is 16.3 Å². The standard InChI is InChI=1S/C16H15ClN4O4/c1-9-12(15(23)20-16(24)18-9)3-5-14(22)25-8-11-7-21-6-10(17)2-4-13(21)19-11/h2,4,6-7H,3,5,8H2,1H3,(H2,18,20,23,24). The van der Waals surface area contributed by atoms with Crippen LogP contribution in [0, 0.1) is 6.92 Å². The summed E-state index contributed by atoms with van der Waals surface area (Å²) in [5, 5.41) is 0.579. The van der Waals surface area contributed by atoms with Gasteiger partial charge in [-0.15, -0.1) is 0 Å². The number of aromatic amines is 2. The van der Waals surface area contributed by atoms with Gasteiger partial charge in [-0.2, -0.15) is 0 Å². The quantitative estimate of drug-likeness (QED) is 0.666. The van der Waals surface area contributed by atoms with Crippen LogP contribution in [0.1, 0.15) is 23.4 Å². The fourth-order valence-electron chi connectivity index (χ4n) is 2.47. The van der Waals surface area contributed by atoms with Gasteiger partial charge in [0.2, 0.25) is 0 Å². The highest BCUT2D eigenvalue weighted by molar-refractivity contribution is 6.30. The maximum absolute atomic E-state index is 11.9. The minimum absolute atomic E-state index is 0.0230. The largest absolute Gasteiger partial charge is 0.459 e. The third kappa shape index (κ3) is 3.97. The van der Waals surface area contributed by atoms with Crippen LogP contribution in [-0.4, -0.2) is 25.3 Å². The molecule has 0 aliphatic carbocycles. The fraction of sp³-hybridized carbons (Fsp3) is 0.250. The number of hydrogen-bond acceptors (Lipinski definition) is 5. The Balaban J connectivity index is 1.59. The smallest absolute Gasteiger partial charge is 0.325 e. The van der Waals surface area contributed by atoms with Gasteiger partial charge in [0, 0.05) is 30.1 Å². The number of esters is 1. The lowest BCUT2D eigenvalue weighted by Gasteiger charge is -2.04. The molecule has 0 aromatic carbocycles. The van der Waals surface area contributed by atoms with Gasteiger partial charge in [0.15, 0.2) is 0 Å². The molecule has 0 radical (unpaired) electrons. The van der Waals surface area contributed by atoms with Crippen molar-refractivity contribution in [2.75, 3.05) is 0 Å². The molecule has 2 N–H and O–H groups in total. The van der Waals surface area contributed by atoms with E-state index in [2.05, 4.69) is 15.0 Å². The summed E-state index contributed by atoms with van der Waals surface area (Å²) in [7, 11) is 0. The molecule has 3 heterocycles. The molecule has 0 aliphatic heterocycles. The molecule has 0 unspecified atom stereocenters. The predicted octanol–water partition coefficient (Wildman–Crippen LogP) is 1.35. The van der Waals surface area contributed by atoms with Crippen LogP contribution in [0.15, 0.2) is 34.1 Å². The van der Waals surface area contributed by atoms with Crippen LogP contribution in [0.3, 0.4) is 0 Å². The Labute approximate surface area is 146 Å². The number of ether oxygens (including phenoxy) is 1. The average Bonchev–Trinajstić information content (AvgIpc) is 2.93. The summed E-state index contributed by atoms with van der Waals surface area (Å²) >= 11 is 5.91. The Kier molecular flexibility index (Phi) is 4.71. The van der Waals surface area contributed by atoms with Crippen LogP contribution in [0.2, 0.25) is 5.02 Å². The van der Waals surface area contributed by atoms with Crippen molar-refractivity contribution in [3.63, 3.8) is 0 Å². The highest BCUT2D eigenvalue weighted by atomic mass is 35.5. The second-order valence-electron chi connectivity index (χ2n) is 5.52. The van der Waals surface area contributed by atoms with E-state index in [9.17, 15) is 14.4 Å². The Bertz CT molecular complexity index is 1050. The molecule has 130 valence electrons. The van der Waals surface area contributed by atoms with E-state index in [0.717, 1.165) is 0 Å². The molecule has 0 saturated carbocycles. The summed E-state index contributed by atoms with van der Waals surface area (Å²) in [5.74, 6) is -0.458. The van der Waals surface area contributed by atoms with Crippen molar-refractivity contribution in [2.24, 2.45) is 0 Å². The monoisotopic (exact) mass is 362 g/mol. The van der Waals surface area contributed by atoms with Crippen molar-refractivity contribution in [3.05, 3.63) is 67.3 Å². The molecule has 0 aliphatic rings. The third-order valence-electron chi connectivity index (χ3n) is 3.68. The first-order chi connectivity index (χ1) is 11.9. The Morgan fingerprint density at radius 3 is 2.84 bits per heavy atom. The van der Waals surface area contributed by atoms with E-state index in [1.54, 1.807) is 35.9 Å². The molecule has 0 spiro atoms. The zero-order chi connectivity index (χ0) is 18.0. The Morgan fingerprint density at radius 1 is 1.28 bits per heavy atom. The van der Waals surface area contributed by atoms with Gasteiger partial charge in [0.1, 0.15) is 12.3 Å². The topological polar surface area (TPSA) is 109 Å². The number of aryl methyl sites for hydroxylation is 1. The molecule has 25 heavy (non-hydrogen) atoms. The zero-order valence-corrected chi connectivity index (χ0v) is 14.1. The molecule has 3 aromatic heterocycles. The van der Waals surface area contributed by atoms with E-state index >= 15 is 0 Å². The van der Waals surface area contributed by atoms with Gasteiger partial charge in [-0.25, -0.2) is 9.78 Å². The van der Waals surface area contributed by atoms with Crippen molar-refractivity contribution in [1.29, 1.82) is 0 Å². The van der Waals surface area contributed by atoms with Crippen LogP contribution >= 0.6 is 11.6 Å². The lowest BCUT2D eigenvalue weighted by atomic mass is 10.1. The Morgan fingerprint density at radius 2 is 2.08 bits per heavy atom. The summed E-state index contributed by atoms with van der Waals surface area (Å²) in [6, 6.07) is 3.49. The van der Waals surface area contributed by atoms with Crippen LogP contribution in [0.25, 0.3) is 5.65 Å². The first-order valence-corrected chi connectivity index (χ1v) is 7.91. The molecule has 8 nitrogen and oxygen atoms in total. The van der Waals surface area contributed by atoms with Crippen LogP contribution in [-0.2, 0) is 22.6 Å². The van der Waals surface area contributed by atoms with E-state index < -0.39 is 17.2 Å². The number of nitrogens with one attached hydrogen (secondary N) is 2. The first kappa shape index (κ1) is 17.0. The van der Waals surface area contributed by atoms with E-state index in [1.807, 2.05) is 0 Å². The number of hydrogen-bond donors (Lipinski definition) is 2. The van der Waals surface area contributed by atoms with Gasteiger partial charge in [-0.1, -0.05) is 11.6 Å². The number of halogens is 1. The van der Waals surface area contributed by atoms with Gasteiger partial charge >= 0.3 is 11.7 Å². The predicted molar refractivity (Wildman–Crippen MR) is 90.7 cm³/mol.